The highest BCUT2D eigenvalue weighted by Gasteiger charge is 2.17. The number of hydrogen-bond acceptors (Lipinski definition) is 3. The molecular formula is C16H27FN2O. The van der Waals surface area contributed by atoms with Crippen LogP contribution in [-0.2, 0) is 0 Å². The molecule has 1 unspecified atom stereocenters. The summed E-state index contributed by atoms with van der Waals surface area (Å²) in [6.45, 7) is 10.4. The fourth-order valence-corrected chi connectivity index (χ4v) is 2.24. The summed E-state index contributed by atoms with van der Waals surface area (Å²) in [4.78, 5) is 2.33. The van der Waals surface area contributed by atoms with Crippen molar-refractivity contribution < 1.29 is 9.13 Å². The summed E-state index contributed by atoms with van der Waals surface area (Å²) in [6.07, 6.45) is 0. The van der Waals surface area contributed by atoms with Gasteiger partial charge in [0.25, 0.3) is 0 Å². The maximum atomic E-state index is 13.7. The Morgan fingerprint density at radius 2 is 1.85 bits per heavy atom. The van der Waals surface area contributed by atoms with Crippen LogP contribution < -0.4 is 10.5 Å². The third kappa shape index (κ3) is 4.76. The first kappa shape index (κ1) is 16.9. The molecule has 0 heterocycles. The molecule has 20 heavy (non-hydrogen) atoms. The van der Waals surface area contributed by atoms with Crippen LogP contribution in [0.1, 0.15) is 39.3 Å². The second-order valence-electron chi connectivity index (χ2n) is 5.94. The first-order valence-corrected chi connectivity index (χ1v) is 7.18. The summed E-state index contributed by atoms with van der Waals surface area (Å²) in [6, 6.07) is 5.16. The predicted molar refractivity (Wildman–Crippen MR) is 81.4 cm³/mol. The van der Waals surface area contributed by atoms with E-state index < -0.39 is 0 Å². The standard InChI is InChI=1S/C16H27FN2O/c1-11(2)9-19(12(3)4)10-15(18)13-6-7-16(20-5)14(17)8-13/h6-8,11-12,15H,9-10,18H2,1-5H3. The van der Waals surface area contributed by atoms with Crippen LogP contribution in [0.3, 0.4) is 0 Å². The molecule has 0 radical (unpaired) electrons. The lowest BCUT2D eigenvalue weighted by Gasteiger charge is -2.31. The molecule has 2 N–H and O–H groups in total. The van der Waals surface area contributed by atoms with Gasteiger partial charge in [-0.1, -0.05) is 19.9 Å². The zero-order valence-corrected chi connectivity index (χ0v) is 13.2. The molecule has 0 aliphatic heterocycles. The van der Waals surface area contributed by atoms with Crippen LogP contribution in [0, 0.1) is 11.7 Å². The molecule has 0 saturated heterocycles. The molecule has 0 bridgehead atoms. The number of nitrogens with two attached hydrogens (primary N) is 1. The smallest absolute Gasteiger partial charge is 0.165 e. The zero-order chi connectivity index (χ0) is 15.3. The number of halogens is 1. The predicted octanol–water partition coefficient (Wildman–Crippen LogP) is 3.20. The minimum Gasteiger partial charge on any atom is -0.494 e. The van der Waals surface area contributed by atoms with Crippen LogP contribution in [0.15, 0.2) is 18.2 Å². The van der Waals surface area contributed by atoms with Crippen LogP contribution in [0.25, 0.3) is 0 Å². The van der Waals surface area contributed by atoms with Crippen molar-refractivity contribution in [3.8, 4) is 5.75 Å². The van der Waals surface area contributed by atoms with E-state index in [1.165, 1.54) is 13.2 Å². The van der Waals surface area contributed by atoms with Gasteiger partial charge in [0.15, 0.2) is 11.6 Å². The molecule has 0 saturated carbocycles. The van der Waals surface area contributed by atoms with Crippen LogP contribution in [0.5, 0.6) is 5.75 Å². The van der Waals surface area contributed by atoms with E-state index >= 15 is 0 Å². The van der Waals surface area contributed by atoms with Gasteiger partial charge in [0.1, 0.15) is 0 Å². The van der Waals surface area contributed by atoms with Crippen molar-refractivity contribution in [1.82, 2.24) is 4.90 Å². The van der Waals surface area contributed by atoms with Gasteiger partial charge in [0.2, 0.25) is 0 Å². The van der Waals surface area contributed by atoms with Crippen molar-refractivity contribution in [3.05, 3.63) is 29.6 Å². The van der Waals surface area contributed by atoms with Crippen molar-refractivity contribution >= 4 is 0 Å². The minimum absolute atomic E-state index is 0.198. The third-order valence-corrected chi connectivity index (χ3v) is 3.37. The van der Waals surface area contributed by atoms with Crippen molar-refractivity contribution in [1.29, 1.82) is 0 Å². The van der Waals surface area contributed by atoms with E-state index in [9.17, 15) is 4.39 Å². The van der Waals surface area contributed by atoms with Gasteiger partial charge in [-0.2, -0.15) is 0 Å². The number of nitrogens with zero attached hydrogens (tertiary/aromatic N) is 1. The molecule has 1 aromatic carbocycles. The summed E-state index contributed by atoms with van der Waals surface area (Å²) >= 11 is 0. The molecule has 1 aromatic rings. The third-order valence-electron chi connectivity index (χ3n) is 3.37. The molecule has 0 aromatic heterocycles. The quantitative estimate of drug-likeness (QED) is 0.834. The maximum Gasteiger partial charge on any atom is 0.165 e. The van der Waals surface area contributed by atoms with Gasteiger partial charge in [-0.3, -0.25) is 4.90 Å². The lowest BCUT2D eigenvalue weighted by Crippen LogP contribution is -2.39. The molecule has 1 rings (SSSR count). The molecule has 3 nitrogen and oxygen atoms in total. The molecule has 4 heteroatoms. The minimum atomic E-state index is -0.361. The van der Waals surface area contributed by atoms with Crippen molar-refractivity contribution in [2.45, 2.75) is 39.8 Å². The molecule has 0 aliphatic carbocycles. The Labute approximate surface area is 121 Å². The van der Waals surface area contributed by atoms with E-state index in [-0.39, 0.29) is 17.6 Å². The van der Waals surface area contributed by atoms with E-state index in [2.05, 4.69) is 32.6 Å². The maximum absolute atomic E-state index is 13.7. The van der Waals surface area contributed by atoms with Crippen LogP contribution in [-0.4, -0.2) is 31.1 Å². The average molecular weight is 282 g/mol. The number of hydrogen-bond donors (Lipinski definition) is 1. The Morgan fingerprint density at radius 1 is 1.20 bits per heavy atom. The van der Waals surface area contributed by atoms with E-state index in [1.807, 2.05) is 6.07 Å². The Kier molecular flexibility index (Phi) is 6.43. The number of ether oxygens (including phenoxy) is 1. The monoisotopic (exact) mass is 282 g/mol. The van der Waals surface area contributed by atoms with Crippen molar-refractivity contribution in [2.75, 3.05) is 20.2 Å². The lowest BCUT2D eigenvalue weighted by atomic mass is 10.0. The van der Waals surface area contributed by atoms with Crippen molar-refractivity contribution in [2.24, 2.45) is 11.7 Å². The fourth-order valence-electron chi connectivity index (χ4n) is 2.24. The molecule has 1 atom stereocenters. The summed E-state index contributed by atoms with van der Waals surface area (Å²) in [5.41, 5.74) is 7.02. The first-order chi connectivity index (χ1) is 9.35. The van der Waals surface area contributed by atoms with Crippen LogP contribution >= 0.6 is 0 Å². The largest absolute Gasteiger partial charge is 0.494 e. The Bertz CT molecular complexity index is 421. The van der Waals surface area contributed by atoms with Crippen LogP contribution in [0.2, 0.25) is 0 Å². The molecule has 0 amide bonds. The molecule has 114 valence electrons. The Balaban J connectivity index is 2.78. The number of methoxy groups -OCH3 is 1. The average Bonchev–Trinajstić information content (AvgIpc) is 2.37. The van der Waals surface area contributed by atoms with Gasteiger partial charge < -0.3 is 10.5 Å². The van der Waals surface area contributed by atoms with Gasteiger partial charge >= 0.3 is 0 Å². The molecule has 0 spiro atoms. The van der Waals surface area contributed by atoms with E-state index in [4.69, 9.17) is 10.5 Å². The SMILES string of the molecule is COc1ccc(C(N)CN(CC(C)C)C(C)C)cc1F. The summed E-state index contributed by atoms with van der Waals surface area (Å²) < 4.78 is 18.6. The van der Waals surface area contributed by atoms with Gasteiger partial charge in [-0.25, -0.2) is 4.39 Å². The van der Waals surface area contributed by atoms with Gasteiger partial charge in [0.05, 0.1) is 7.11 Å². The second-order valence-corrected chi connectivity index (χ2v) is 5.94. The first-order valence-electron chi connectivity index (χ1n) is 7.18. The lowest BCUT2D eigenvalue weighted by molar-refractivity contribution is 0.186. The number of rotatable bonds is 7. The molecular weight excluding hydrogens is 255 g/mol. The highest BCUT2D eigenvalue weighted by molar-refractivity contribution is 5.31. The van der Waals surface area contributed by atoms with Crippen LogP contribution in [0.4, 0.5) is 4.39 Å². The van der Waals surface area contributed by atoms with E-state index in [0.717, 1.165) is 18.7 Å². The molecule has 0 aliphatic rings. The fraction of sp³-hybridized carbons (Fsp3) is 0.625. The topological polar surface area (TPSA) is 38.5 Å². The van der Waals surface area contributed by atoms with Crippen molar-refractivity contribution in [3.63, 3.8) is 0 Å². The second kappa shape index (κ2) is 7.60. The summed E-state index contributed by atoms with van der Waals surface area (Å²) in [5.74, 6) is 0.474. The van der Waals surface area contributed by atoms with E-state index in [1.54, 1.807) is 6.07 Å². The van der Waals surface area contributed by atoms with Gasteiger partial charge in [-0.15, -0.1) is 0 Å². The van der Waals surface area contributed by atoms with Gasteiger partial charge in [0, 0.05) is 25.2 Å². The molecule has 0 fully saturated rings. The zero-order valence-electron chi connectivity index (χ0n) is 13.2. The normalized spacial score (nSPS) is 13.3. The Hall–Kier alpha value is -1.13. The highest BCUT2D eigenvalue weighted by atomic mass is 19.1. The summed E-state index contributed by atoms with van der Waals surface area (Å²) in [7, 11) is 1.46. The Morgan fingerprint density at radius 3 is 2.30 bits per heavy atom. The van der Waals surface area contributed by atoms with Gasteiger partial charge in [-0.05, 0) is 37.5 Å². The van der Waals surface area contributed by atoms with E-state index in [0.29, 0.717) is 12.0 Å². The summed E-state index contributed by atoms with van der Waals surface area (Å²) in [5, 5.41) is 0. The number of benzene rings is 1. The highest BCUT2D eigenvalue weighted by Crippen LogP contribution is 2.22.